The molecule has 3 N–H and O–H groups in total. The fourth-order valence-corrected chi connectivity index (χ4v) is 3.95. The maximum absolute atomic E-state index is 15.8. The molecule has 1 aromatic heterocycles. The second kappa shape index (κ2) is 7.84. The number of carbonyl (C=O) groups is 1. The molecule has 0 bridgehead atoms. The molecular weight excluding hydrogens is 422 g/mol. The number of nitrogens with zero attached hydrogens (tertiary/aromatic N) is 3. The lowest BCUT2D eigenvalue weighted by Crippen LogP contribution is -2.26. The molecule has 32 heavy (non-hydrogen) atoms. The number of carboxylic acids is 1. The number of aromatic nitrogens is 1. The summed E-state index contributed by atoms with van der Waals surface area (Å²) < 4.78 is 32.4. The zero-order valence-corrected chi connectivity index (χ0v) is 18.2. The Kier molecular flexibility index (Phi) is 5.44. The van der Waals surface area contributed by atoms with E-state index in [0.29, 0.717) is 5.71 Å². The largest absolute Gasteiger partial charge is 0.477 e. The third-order valence-corrected chi connectivity index (χ3v) is 5.66. The van der Waals surface area contributed by atoms with Crippen LogP contribution >= 0.6 is 0 Å². The number of pyridine rings is 1. The minimum absolute atomic E-state index is 0.0838. The molecule has 1 aromatic carbocycles. The van der Waals surface area contributed by atoms with Crippen LogP contribution in [0.2, 0.25) is 0 Å². The van der Waals surface area contributed by atoms with E-state index in [2.05, 4.69) is 5.16 Å². The summed E-state index contributed by atoms with van der Waals surface area (Å²) in [5.74, 6) is -3.51. The lowest BCUT2D eigenvalue weighted by atomic mass is 10.1. The van der Waals surface area contributed by atoms with E-state index in [1.54, 1.807) is 0 Å². The van der Waals surface area contributed by atoms with Crippen LogP contribution in [-0.4, -0.2) is 46.6 Å². The highest BCUT2D eigenvalue weighted by Gasteiger charge is 2.35. The smallest absolute Gasteiger partial charge is 0.341 e. The number of oxime groups is 1. The van der Waals surface area contributed by atoms with Crippen LogP contribution < -0.4 is 16.1 Å². The first-order valence-electron chi connectivity index (χ1n) is 10.5. The quantitative estimate of drug-likeness (QED) is 0.681. The van der Waals surface area contributed by atoms with Crippen molar-refractivity contribution in [2.75, 3.05) is 24.5 Å². The molecule has 2 fully saturated rings. The minimum atomic E-state index is -1.43. The van der Waals surface area contributed by atoms with Crippen molar-refractivity contribution < 1.29 is 23.5 Å². The topological polar surface area (TPSA) is 110 Å². The lowest BCUT2D eigenvalue weighted by molar-refractivity contribution is 0.000172. The van der Waals surface area contributed by atoms with Crippen LogP contribution in [0.1, 0.15) is 50.0 Å². The maximum Gasteiger partial charge on any atom is 0.341 e. The second-order valence-corrected chi connectivity index (χ2v) is 9.33. The fourth-order valence-electron chi connectivity index (χ4n) is 3.95. The summed E-state index contributed by atoms with van der Waals surface area (Å²) in [6.45, 7) is 6.11. The van der Waals surface area contributed by atoms with Gasteiger partial charge in [-0.25, -0.2) is 13.6 Å². The predicted octanol–water partition coefficient (Wildman–Crippen LogP) is 2.88. The number of rotatable bonds is 5. The summed E-state index contributed by atoms with van der Waals surface area (Å²) in [6, 6.07) is 0.802. The summed E-state index contributed by atoms with van der Waals surface area (Å²) in [5.41, 5.74) is 4.14. The van der Waals surface area contributed by atoms with E-state index in [0.717, 1.165) is 25.1 Å². The van der Waals surface area contributed by atoms with Crippen molar-refractivity contribution in [1.82, 2.24) is 4.57 Å². The number of anilines is 1. The van der Waals surface area contributed by atoms with Gasteiger partial charge in [0.25, 0.3) is 0 Å². The monoisotopic (exact) mass is 448 g/mol. The number of fused-ring (bicyclic) bond motifs is 1. The Morgan fingerprint density at radius 1 is 1.34 bits per heavy atom. The van der Waals surface area contributed by atoms with Gasteiger partial charge in [0.05, 0.1) is 23.2 Å². The Morgan fingerprint density at radius 2 is 2.03 bits per heavy atom. The molecule has 4 rings (SSSR count). The minimum Gasteiger partial charge on any atom is -0.477 e. The molecule has 172 valence electrons. The Morgan fingerprint density at radius 3 is 2.59 bits per heavy atom. The first-order valence-corrected chi connectivity index (χ1v) is 10.5. The number of hydrogen-bond donors (Lipinski definition) is 2. The van der Waals surface area contributed by atoms with Crippen molar-refractivity contribution in [2.45, 2.75) is 45.3 Å². The standard InChI is InChI=1S/C22H26F2N4O4/c1-22(2,3)32-26-16-10-27(8-11(16)7-25)19-15(23)6-13-18(17(19)24)28(12-4-5-12)9-14(20(13)29)21(30)31/h6,9,11-12H,4-5,7-8,10,25H2,1-3H3,(H,30,31)/b26-16+. The molecule has 2 heterocycles. The first kappa shape index (κ1) is 22.2. The number of carboxylic acid groups (broad SMARTS) is 1. The van der Waals surface area contributed by atoms with Crippen LogP contribution in [0.3, 0.4) is 0 Å². The Labute approximate surface area is 183 Å². The van der Waals surface area contributed by atoms with Crippen LogP contribution in [0.4, 0.5) is 14.5 Å². The molecule has 10 heteroatoms. The van der Waals surface area contributed by atoms with E-state index in [9.17, 15) is 14.7 Å². The molecule has 0 radical (unpaired) electrons. The molecule has 0 spiro atoms. The molecule has 1 unspecified atom stereocenters. The SMILES string of the molecule is CC(C)(C)O/N=C1\CN(c2c(F)cc3c(=O)c(C(=O)O)cn(C4CC4)c3c2F)CC1CN. The van der Waals surface area contributed by atoms with E-state index >= 15 is 8.78 Å². The molecule has 1 saturated carbocycles. The van der Waals surface area contributed by atoms with Crippen LogP contribution in [0.5, 0.6) is 0 Å². The summed E-state index contributed by atoms with van der Waals surface area (Å²) in [4.78, 5) is 31.1. The second-order valence-electron chi connectivity index (χ2n) is 9.33. The lowest BCUT2D eigenvalue weighted by Gasteiger charge is -2.22. The van der Waals surface area contributed by atoms with Gasteiger partial charge in [0.15, 0.2) is 5.82 Å². The molecule has 1 aliphatic heterocycles. The summed E-state index contributed by atoms with van der Waals surface area (Å²) in [6.07, 6.45) is 2.61. The van der Waals surface area contributed by atoms with Crippen LogP contribution in [0.25, 0.3) is 10.9 Å². The molecular formula is C22H26F2N4O4. The van der Waals surface area contributed by atoms with E-state index in [4.69, 9.17) is 10.6 Å². The molecule has 8 nitrogen and oxygen atoms in total. The van der Waals surface area contributed by atoms with Crippen molar-refractivity contribution in [2.24, 2.45) is 16.8 Å². The van der Waals surface area contributed by atoms with Gasteiger partial charge < -0.3 is 25.1 Å². The Bertz CT molecular complexity index is 1180. The van der Waals surface area contributed by atoms with Gasteiger partial charge in [-0.05, 0) is 39.7 Å². The number of benzene rings is 1. The molecule has 1 atom stereocenters. The first-order chi connectivity index (χ1) is 15.0. The summed E-state index contributed by atoms with van der Waals surface area (Å²) >= 11 is 0. The zero-order valence-electron chi connectivity index (χ0n) is 18.2. The van der Waals surface area contributed by atoms with Gasteiger partial charge in [-0.2, -0.15) is 0 Å². The van der Waals surface area contributed by atoms with Crippen molar-refractivity contribution in [1.29, 1.82) is 0 Å². The number of nitrogens with two attached hydrogens (primary N) is 1. The van der Waals surface area contributed by atoms with Gasteiger partial charge in [0, 0.05) is 31.2 Å². The van der Waals surface area contributed by atoms with E-state index in [-0.39, 0.29) is 48.2 Å². The third kappa shape index (κ3) is 3.94. The average Bonchev–Trinajstić information content (AvgIpc) is 3.46. The fraction of sp³-hybridized carbons (Fsp3) is 0.500. The van der Waals surface area contributed by atoms with Gasteiger partial charge in [0.2, 0.25) is 5.43 Å². The summed E-state index contributed by atoms with van der Waals surface area (Å²) in [7, 11) is 0. The van der Waals surface area contributed by atoms with E-state index in [1.165, 1.54) is 9.47 Å². The van der Waals surface area contributed by atoms with Gasteiger partial charge in [0.1, 0.15) is 22.7 Å². The van der Waals surface area contributed by atoms with Crippen molar-refractivity contribution >= 4 is 28.3 Å². The van der Waals surface area contributed by atoms with Gasteiger partial charge in [-0.3, -0.25) is 4.79 Å². The molecule has 2 aliphatic rings. The predicted molar refractivity (Wildman–Crippen MR) is 116 cm³/mol. The van der Waals surface area contributed by atoms with Crippen molar-refractivity contribution in [3.63, 3.8) is 0 Å². The van der Waals surface area contributed by atoms with Crippen LogP contribution in [0.15, 0.2) is 22.2 Å². The normalized spacial score (nSPS) is 20.4. The van der Waals surface area contributed by atoms with Crippen molar-refractivity contribution in [3.05, 3.63) is 39.7 Å². The summed E-state index contributed by atoms with van der Waals surface area (Å²) in [5, 5.41) is 13.3. The van der Waals surface area contributed by atoms with Crippen LogP contribution in [-0.2, 0) is 4.84 Å². The van der Waals surface area contributed by atoms with Gasteiger partial charge in [-0.1, -0.05) is 5.16 Å². The zero-order chi connectivity index (χ0) is 23.4. The highest BCUT2D eigenvalue weighted by molar-refractivity contribution is 5.96. The maximum atomic E-state index is 15.8. The molecule has 1 aliphatic carbocycles. The number of halogens is 2. The van der Waals surface area contributed by atoms with Gasteiger partial charge >= 0.3 is 5.97 Å². The molecule has 0 amide bonds. The van der Waals surface area contributed by atoms with Crippen LogP contribution in [0, 0.1) is 17.6 Å². The average molecular weight is 448 g/mol. The number of aromatic carboxylic acids is 1. The molecule has 1 saturated heterocycles. The van der Waals surface area contributed by atoms with E-state index in [1.807, 2.05) is 20.8 Å². The highest BCUT2D eigenvalue weighted by Crippen LogP contribution is 2.40. The van der Waals surface area contributed by atoms with E-state index < -0.39 is 34.2 Å². The van der Waals surface area contributed by atoms with Crippen molar-refractivity contribution in [3.8, 4) is 0 Å². The Hall–Kier alpha value is -3.01. The molecule has 2 aromatic rings. The van der Waals surface area contributed by atoms with Gasteiger partial charge in [-0.15, -0.1) is 0 Å². The Balaban J connectivity index is 1.84. The third-order valence-electron chi connectivity index (χ3n) is 5.66. The highest BCUT2D eigenvalue weighted by atomic mass is 19.1. The number of hydrogen-bond acceptors (Lipinski definition) is 6.